The number of nitrogens with one attached hydrogen (secondary N) is 2. The lowest BCUT2D eigenvalue weighted by Crippen LogP contribution is -2.13. The van der Waals surface area contributed by atoms with E-state index in [4.69, 9.17) is 11.3 Å². The van der Waals surface area contributed by atoms with E-state index in [0.29, 0.717) is 11.4 Å². The number of H-pyrrole nitrogens is 2. The summed E-state index contributed by atoms with van der Waals surface area (Å²) in [6.07, 6.45) is 0. The standard InChI is InChI=1S/C18H19N7O2/c1-18(2,3)14-12(19-4)15(23-21-14)22-20-13-16(27-5)24-25(17(13)26)11-9-7-6-8-10-11/h6-10,24H,1-3,5H3,(H,21,23). The quantitative estimate of drug-likeness (QED) is 0.535. The highest BCUT2D eigenvalue weighted by Crippen LogP contribution is 2.37. The van der Waals surface area contributed by atoms with Gasteiger partial charge in [-0.25, -0.2) is 9.53 Å². The van der Waals surface area contributed by atoms with Crippen molar-refractivity contribution in [2.24, 2.45) is 10.2 Å². The molecule has 138 valence electrons. The summed E-state index contributed by atoms with van der Waals surface area (Å²) < 4.78 is 6.53. The smallest absolute Gasteiger partial charge is 0.303 e. The molecule has 0 unspecified atom stereocenters. The fourth-order valence-corrected chi connectivity index (χ4v) is 2.52. The van der Waals surface area contributed by atoms with Crippen molar-refractivity contribution in [1.29, 1.82) is 0 Å². The SMILES string of the molecule is [C-]#[N+]c1c(N=Nc2c(OC)[nH]n(-c3ccccc3)c2=O)n[nH]c1C(C)(C)C. The number of rotatable bonds is 4. The Bertz CT molecular complexity index is 1080. The largest absolute Gasteiger partial charge is 0.480 e. The molecule has 27 heavy (non-hydrogen) atoms. The van der Waals surface area contributed by atoms with Gasteiger partial charge in [0.2, 0.25) is 17.4 Å². The molecule has 2 heterocycles. The second kappa shape index (κ2) is 6.92. The van der Waals surface area contributed by atoms with Crippen molar-refractivity contribution < 1.29 is 4.74 Å². The lowest BCUT2D eigenvalue weighted by atomic mass is 9.91. The van der Waals surface area contributed by atoms with Gasteiger partial charge in [-0.05, 0) is 17.5 Å². The van der Waals surface area contributed by atoms with Crippen LogP contribution in [-0.4, -0.2) is 27.1 Å². The van der Waals surface area contributed by atoms with Crippen LogP contribution in [0, 0.1) is 6.57 Å². The minimum absolute atomic E-state index is 0.00223. The van der Waals surface area contributed by atoms with Crippen LogP contribution in [0.1, 0.15) is 26.5 Å². The predicted molar refractivity (Wildman–Crippen MR) is 101 cm³/mol. The Hall–Kier alpha value is -3.67. The Morgan fingerprint density at radius 3 is 2.52 bits per heavy atom. The van der Waals surface area contributed by atoms with E-state index in [1.54, 1.807) is 12.1 Å². The first-order chi connectivity index (χ1) is 12.9. The molecule has 0 aliphatic rings. The zero-order valence-corrected chi connectivity index (χ0v) is 15.4. The summed E-state index contributed by atoms with van der Waals surface area (Å²) in [6.45, 7) is 13.3. The van der Waals surface area contributed by atoms with Gasteiger partial charge in [0.15, 0.2) is 0 Å². The molecule has 0 spiro atoms. The summed E-state index contributed by atoms with van der Waals surface area (Å²) in [4.78, 5) is 16.2. The van der Waals surface area contributed by atoms with Gasteiger partial charge in [-0.3, -0.25) is 15.0 Å². The molecule has 0 aliphatic carbocycles. The zero-order chi connectivity index (χ0) is 19.6. The number of aromatic nitrogens is 4. The lowest BCUT2D eigenvalue weighted by molar-refractivity contribution is 0.395. The summed E-state index contributed by atoms with van der Waals surface area (Å²) in [5.41, 5.74) is 0.861. The molecule has 0 amide bonds. The summed E-state index contributed by atoms with van der Waals surface area (Å²) in [6, 6.07) is 9.04. The Balaban J connectivity index is 2.05. The van der Waals surface area contributed by atoms with Crippen molar-refractivity contribution in [3.8, 4) is 11.6 Å². The Morgan fingerprint density at radius 2 is 1.93 bits per heavy atom. The minimum atomic E-state index is -0.419. The van der Waals surface area contributed by atoms with Crippen LogP contribution in [0.5, 0.6) is 5.88 Å². The van der Waals surface area contributed by atoms with Crippen LogP contribution in [-0.2, 0) is 5.41 Å². The van der Waals surface area contributed by atoms with E-state index in [1.165, 1.54) is 11.8 Å². The van der Waals surface area contributed by atoms with E-state index in [1.807, 2.05) is 39.0 Å². The molecule has 0 atom stereocenters. The maximum Gasteiger partial charge on any atom is 0.303 e. The van der Waals surface area contributed by atoms with Gasteiger partial charge in [0, 0.05) is 5.69 Å². The summed E-state index contributed by atoms with van der Waals surface area (Å²) in [5.74, 6) is 0.299. The third-order valence-electron chi connectivity index (χ3n) is 3.88. The first-order valence-corrected chi connectivity index (χ1v) is 8.19. The molecule has 0 radical (unpaired) electrons. The number of ether oxygens (including phenoxy) is 1. The molecule has 2 N–H and O–H groups in total. The van der Waals surface area contributed by atoms with E-state index in [-0.39, 0.29) is 28.5 Å². The van der Waals surface area contributed by atoms with E-state index in [2.05, 4.69) is 30.4 Å². The minimum Gasteiger partial charge on any atom is -0.480 e. The number of azo groups is 1. The fourth-order valence-electron chi connectivity index (χ4n) is 2.52. The second-order valence-corrected chi connectivity index (χ2v) is 6.80. The van der Waals surface area contributed by atoms with Crippen LogP contribution in [0.2, 0.25) is 0 Å². The van der Waals surface area contributed by atoms with Gasteiger partial charge in [-0.1, -0.05) is 39.0 Å². The normalized spacial score (nSPS) is 11.7. The molecular weight excluding hydrogens is 346 g/mol. The van der Waals surface area contributed by atoms with Gasteiger partial charge in [-0.15, -0.1) is 10.2 Å². The molecular formula is C18H19N7O2. The fraction of sp³-hybridized carbons (Fsp3) is 0.278. The van der Waals surface area contributed by atoms with E-state index >= 15 is 0 Å². The van der Waals surface area contributed by atoms with Crippen molar-refractivity contribution in [1.82, 2.24) is 20.0 Å². The number of hydrogen-bond acceptors (Lipinski definition) is 5. The average molecular weight is 365 g/mol. The van der Waals surface area contributed by atoms with Crippen LogP contribution >= 0.6 is 0 Å². The second-order valence-electron chi connectivity index (χ2n) is 6.80. The molecule has 3 aromatic rings. The molecule has 9 heteroatoms. The van der Waals surface area contributed by atoms with Crippen LogP contribution in [0.15, 0.2) is 45.4 Å². The summed E-state index contributed by atoms with van der Waals surface area (Å²) in [5, 5.41) is 17.8. The molecule has 1 aromatic carbocycles. The third kappa shape index (κ3) is 3.37. The van der Waals surface area contributed by atoms with Gasteiger partial charge >= 0.3 is 5.56 Å². The van der Waals surface area contributed by atoms with Gasteiger partial charge in [-0.2, -0.15) is 5.10 Å². The number of nitrogens with zero attached hydrogens (tertiary/aromatic N) is 5. The summed E-state index contributed by atoms with van der Waals surface area (Å²) >= 11 is 0. The van der Waals surface area contributed by atoms with Gasteiger partial charge in [0.05, 0.1) is 19.4 Å². The van der Waals surface area contributed by atoms with Crippen LogP contribution in [0.4, 0.5) is 17.2 Å². The van der Waals surface area contributed by atoms with Crippen LogP contribution in [0.25, 0.3) is 10.5 Å². The van der Waals surface area contributed by atoms with Gasteiger partial charge < -0.3 is 4.74 Å². The molecule has 0 aliphatic heterocycles. The van der Waals surface area contributed by atoms with Crippen molar-refractivity contribution in [2.45, 2.75) is 26.2 Å². The van der Waals surface area contributed by atoms with Crippen molar-refractivity contribution in [3.05, 3.63) is 57.8 Å². The first-order valence-electron chi connectivity index (χ1n) is 8.19. The molecule has 3 rings (SSSR count). The number of methoxy groups -OCH3 is 1. The third-order valence-corrected chi connectivity index (χ3v) is 3.88. The topological polar surface area (TPSA) is 105 Å². The zero-order valence-electron chi connectivity index (χ0n) is 15.4. The number of hydrogen-bond donors (Lipinski definition) is 2. The van der Waals surface area contributed by atoms with E-state index in [9.17, 15) is 4.79 Å². The lowest BCUT2D eigenvalue weighted by Gasteiger charge is -2.16. The van der Waals surface area contributed by atoms with Crippen molar-refractivity contribution in [3.63, 3.8) is 0 Å². The highest BCUT2D eigenvalue weighted by molar-refractivity contribution is 5.67. The highest BCUT2D eigenvalue weighted by Gasteiger charge is 2.24. The number of benzene rings is 1. The molecule has 0 bridgehead atoms. The van der Waals surface area contributed by atoms with Crippen LogP contribution < -0.4 is 10.3 Å². The molecule has 0 saturated heterocycles. The maximum absolute atomic E-state index is 12.7. The average Bonchev–Trinajstić information content (AvgIpc) is 3.21. The van der Waals surface area contributed by atoms with Crippen molar-refractivity contribution in [2.75, 3.05) is 7.11 Å². The van der Waals surface area contributed by atoms with Gasteiger partial charge in [0.25, 0.3) is 5.69 Å². The van der Waals surface area contributed by atoms with E-state index < -0.39 is 5.56 Å². The maximum atomic E-state index is 12.7. The molecule has 0 saturated carbocycles. The first kappa shape index (κ1) is 18.1. The highest BCUT2D eigenvalue weighted by atomic mass is 16.5. The monoisotopic (exact) mass is 365 g/mol. The van der Waals surface area contributed by atoms with E-state index in [0.717, 1.165) is 0 Å². The van der Waals surface area contributed by atoms with Crippen LogP contribution in [0.3, 0.4) is 0 Å². The summed E-state index contributed by atoms with van der Waals surface area (Å²) in [7, 11) is 1.43. The molecule has 0 fully saturated rings. The van der Waals surface area contributed by atoms with Gasteiger partial charge in [0.1, 0.15) is 0 Å². The number of para-hydroxylation sites is 1. The Morgan fingerprint density at radius 1 is 1.22 bits per heavy atom. The predicted octanol–water partition coefficient (Wildman–Crippen LogP) is 4.16. The Labute approximate surface area is 155 Å². The number of aromatic amines is 2. The Kier molecular flexibility index (Phi) is 4.64. The van der Waals surface area contributed by atoms with Crippen molar-refractivity contribution >= 4 is 17.2 Å². The molecule has 9 nitrogen and oxygen atoms in total. The molecule has 2 aromatic heterocycles.